The van der Waals surface area contributed by atoms with Crippen LogP contribution < -0.4 is 10.6 Å². The zero-order chi connectivity index (χ0) is 12.8. The van der Waals surface area contributed by atoms with Crippen LogP contribution in [0, 0.1) is 0 Å². The van der Waals surface area contributed by atoms with Crippen molar-refractivity contribution in [1.82, 2.24) is 15.6 Å². The van der Waals surface area contributed by atoms with Crippen molar-refractivity contribution < 1.29 is 4.79 Å². The number of carbonyl (C=O) groups is 1. The molecule has 18 heavy (non-hydrogen) atoms. The summed E-state index contributed by atoms with van der Waals surface area (Å²) >= 11 is 0. The molecule has 1 aliphatic carbocycles. The van der Waals surface area contributed by atoms with Crippen molar-refractivity contribution in [3.05, 3.63) is 24.0 Å². The zero-order valence-corrected chi connectivity index (χ0v) is 11.0. The fraction of sp³-hybridized carbons (Fsp3) is 0.643. The minimum Gasteiger partial charge on any atom is -0.367 e. The molecule has 3 N–H and O–H groups in total. The first-order valence-electron chi connectivity index (χ1n) is 6.86. The Hall–Kier alpha value is -1.29. The number of carbonyl (C=O) groups excluding carboxylic acids is 1. The third-order valence-electron chi connectivity index (χ3n) is 3.80. The van der Waals surface area contributed by atoms with E-state index in [1.807, 2.05) is 25.5 Å². The molecule has 0 bridgehead atoms. The van der Waals surface area contributed by atoms with Crippen LogP contribution in [0.2, 0.25) is 0 Å². The molecule has 1 amide bonds. The van der Waals surface area contributed by atoms with Gasteiger partial charge in [-0.3, -0.25) is 4.79 Å². The van der Waals surface area contributed by atoms with Crippen LogP contribution in [0.4, 0.5) is 0 Å². The SMILES string of the molecule is CNC1CCC(NC(=O)CCc2cc[nH]c2)CC1. The molecule has 0 aliphatic heterocycles. The Labute approximate surface area is 109 Å². The monoisotopic (exact) mass is 249 g/mol. The van der Waals surface area contributed by atoms with E-state index in [9.17, 15) is 4.79 Å². The lowest BCUT2D eigenvalue weighted by Crippen LogP contribution is -2.41. The first-order valence-corrected chi connectivity index (χ1v) is 6.86. The van der Waals surface area contributed by atoms with E-state index in [1.54, 1.807) is 0 Å². The van der Waals surface area contributed by atoms with Gasteiger partial charge in [0.25, 0.3) is 0 Å². The molecule has 4 nitrogen and oxygen atoms in total. The minimum absolute atomic E-state index is 0.184. The highest BCUT2D eigenvalue weighted by molar-refractivity contribution is 5.76. The van der Waals surface area contributed by atoms with Crippen molar-refractivity contribution >= 4 is 5.91 Å². The summed E-state index contributed by atoms with van der Waals surface area (Å²) in [6.45, 7) is 0. The molecule has 0 radical (unpaired) electrons. The van der Waals surface area contributed by atoms with E-state index in [2.05, 4.69) is 15.6 Å². The molecule has 1 saturated carbocycles. The lowest BCUT2D eigenvalue weighted by molar-refractivity contribution is -0.122. The molecule has 2 rings (SSSR count). The van der Waals surface area contributed by atoms with Gasteiger partial charge in [0.05, 0.1) is 0 Å². The first-order chi connectivity index (χ1) is 8.78. The number of nitrogens with one attached hydrogen (secondary N) is 3. The number of aromatic amines is 1. The van der Waals surface area contributed by atoms with Gasteiger partial charge in [0.1, 0.15) is 0 Å². The summed E-state index contributed by atoms with van der Waals surface area (Å²) in [6.07, 6.45) is 9.78. The van der Waals surface area contributed by atoms with Crippen LogP contribution in [0.3, 0.4) is 0 Å². The number of H-pyrrole nitrogens is 1. The number of hydrogen-bond acceptors (Lipinski definition) is 2. The normalized spacial score (nSPS) is 23.8. The third kappa shape index (κ3) is 3.88. The van der Waals surface area contributed by atoms with E-state index in [-0.39, 0.29) is 5.91 Å². The highest BCUT2D eigenvalue weighted by Crippen LogP contribution is 2.18. The summed E-state index contributed by atoms with van der Waals surface area (Å²) in [7, 11) is 2.01. The maximum Gasteiger partial charge on any atom is 0.220 e. The van der Waals surface area contributed by atoms with Crippen LogP contribution in [0.5, 0.6) is 0 Å². The number of amides is 1. The lowest BCUT2D eigenvalue weighted by Gasteiger charge is -2.28. The van der Waals surface area contributed by atoms with Gasteiger partial charge in [-0.05, 0) is 50.8 Å². The quantitative estimate of drug-likeness (QED) is 0.742. The zero-order valence-electron chi connectivity index (χ0n) is 11.0. The Kier molecular flexibility index (Phi) is 4.81. The molecule has 0 aromatic carbocycles. The largest absolute Gasteiger partial charge is 0.367 e. The Bertz CT molecular complexity index is 353. The molecule has 4 heteroatoms. The Morgan fingerprint density at radius 2 is 2.06 bits per heavy atom. The molecular weight excluding hydrogens is 226 g/mol. The van der Waals surface area contributed by atoms with Crippen LogP contribution in [0.1, 0.15) is 37.7 Å². The van der Waals surface area contributed by atoms with E-state index in [4.69, 9.17) is 0 Å². The topological polar surface area (TPSA) is 56.9 Å². The molecular formula is C14H23N3O. The molecule has 1 aromatic rings. The van der Waals surface area contributed by atoms with Gasteiger partial charge in [0.2, 0.25) is 5.91 Å². The summed E-state index contributed by atoms with van der Waals surface area (Å²) in [5.41, 5.74) is 1.20. The molecule has 0 spiro atoms. The standard InChI is InChI=1S/C14H23N3O/c1-15-12-3-5-13(6-4-12)17-14(18)7-2-11-8-9-16-10-11/h8-10,12-13,15-16H,2-7H2,1H3,(H,17,18). The van der Waals surface area contributed by atoms with Gasteiger partial charge in [-0.1, -0.05) is 0 Å². The second kappa shape index (κ2) is 6.59. The molecule has 1 fully saturated rings. The number of rotatable bonds is 5. The second-order valence-electron chi connectivity index (χ2n) is 5.12. The van der Waals surface area contributed by atoms with E-state index in [0.717, 1.165) is 19.3 Å². The van der Waals surface area contributed by atoms with Gasteiger partial charge in [-0.2, -0.15) is 0 Å². The molecule has 0 saturated heterocycles. The van der Waals surface area contributed by atoms with Gasteiger partial charge in [0.15, 0.2) is 0 Å². The van der Waals surface area contributed by atoms with Gasteiger partial charge < -0.3 is 15.6 Å². The van der Waals surface area contributed by atoms with E-state index >= 15 is 0 Å². The van der Waals surface area contributed by atoms with Gasteiger partial charge in [-0.25, -0.2) is 0 Å². The van der Waals surface area contributed by atoms with E-state index in [1.165, 1.54) is 18.4 Å². The maximum absolute atomic E-state index is 11.8. The van der Waals surface area contributed by atoms with Crippen molar-refractivity contribution in [2.24, 2.45) is 0 Å². The first kappa shape index (κ1) is 13.1. The van der Waals surface area contributed by atoms with Crippen LogP contribution >= 0.6 is 0 Å². The average molecular weight is 249 g/mol. The van der Waals surface area contributed by atoms with Gasteiger partial charge in [0, 0.05) is 30.9 Å². The molecule has 0 atom stereocenters. The fourth-order valence-corrected chi connectivity index (χ4v) is 2.60. The summed E-state index contributed by atoms with van der Waals surface area (Å²) < 4.78 is 0. The molecule has 1 heterocycles. The van der Waals surface area contributed by atoms with Crippen molar-refractivity contribution in [2.75, 3.05) is 7.05 Å². The summed E-state index contributed by atoms with van der Waals surface area (Å²) in [5, 5.41) is 6.45. The Morgan fingerprint density at radius 3 is 2.67 bits per heavy atom. The summed E-state index contributed by atoms with van der Waals surface area (Å²) in [6, 6.07) is 3.04. The summed E-state index contributed by atoms with van der Waals surface area (Å²) in [5.74, 6) is 0.184. The van der Waals surface area contributed by atoms with Crippen LogP contribution in [-0.4, -0.2) is 30.0 Å². The van der Waals surface area contributed by atoms with Crippen molar-refractivity contribution in [2.45, 2.75) is 50.6 Å². The van der Waals surface area contributed by atoms with Crippen LogP contribution in [0.25, 0.3) is 0 Å². The van der Waals surface area contributed by atoms with Crippen molar-refractivity contribution in [3.8, 4) is 0 Å². The Balaban J connectivity index is 1.65. The second-order valence-corrected chi connectivity index (χ2v) is 5.12. The van der Waals surface area contributed by atoms with Crippen LogP contribution in [0.15, 0.2) is 18.5 Å². The number of aromatic nitrogens is 1. The van der Waals surface area contributed by atoms with Gasteiger partial charge >= 0.3 is 0 Å². The van der Waals surface area contributed by atoms with Gasteiger partial charge in [-0.15, -0.1) is 0 Å². The lowest BCUT2D eigenvalue weighted by atomic mass is 9.91. The molecule has 0 unspecified atom stereocenters. The average Bonchev–Trinajstić information content (AvgIpc) is 2.90. The summed E-state index contributed by atoms with van der Waals surface area (Å²) in [4.78, 5) is 14.8. The molecule has 100 valence electrons. The third-order valence-corrected chi connectivity index (χ3v) is 3.80. The van der Waals surface area contributed by atoms with E-state index < -0.39 is 0 Å². The molecule has 1 aromatic heterocycles. The predicted molar refractivity (Wildman–Crippen MR) is 72.4 cm³/mol. The maximum atomic E-state index is 11.8. The van der Waals surface area contributed by atoms with Crippen molar-refractivity contribution in [1.29, 1.82) is 0 Å². The minimum atomic E-state index is 0.184. The van der Waals surface area contributed by atoms with E-state index in [0.29, 0.717) is 18.5 Å². The van der Waals surface area contributed by atoms with Crippen molar-refractivity contribution in [3.63, 3.8) is 0 Å². The highest BCUT2D eigenvalue weighted by Gasteiger charge is 2.20. The Morgan fingerprint density at radius 1 is 1.33 bits per heavy atom. The number of aryl methyl sites for hydroxylation is 1. The smallest absolute Gasteiger partial charge is 0.220 e. The van der Waals surface area contributed by atoms with Crippen LogP contribution in [-0.2, 0) is 11.2 Å². The molecule has 1 aliphatic rings. The number of hydrogen-bond donors (Lipinski definition) is 3. The highest BCUT2D eigenvalue weighted by atomic mass is 16.1. The fourth-order valence-electron chi connectivity index (χ4n) is 2.60. The predicted octanol–water partition coefficient (Wildman–Crippen LogP) is 1.59.